The molecule has 0 amide bonds. The van der Waals surface area contributed by atoms with Crippen molar-refractivity contribution in [3.8, 4) is 28.7 Å². The Balaban J connectivity index is 1.54. The number of methoxy groups -OCH3 is 3. The molecule has 0 N–H and O–H groups in total. The SMILES string of the molecule is COc1cc(Oc2ccnc3cc(OC)c(OC)cc23)ccc1CC(=O)CC(C)c1nccs1. The number of fused-ring (bicyclic) bond motifs is 1. The van der Waals surface area contributed by atoms with Crippen LogP contribution in [0.5, 0.6) is 28.7 Å². The van der Waals surface area contributed by atoms with E-state index in [2.05, 4.69) is 9.97 Å². The van der Waals surface area contributed by atoms with E-state index in [4.69, 9.17) is 18.9 Å². The van der Waals surface area contributed by atoms with Crippen molar-refractivity contribution in [1.29, 1.82) is 0 Å². The van der Waals surface area contributed by atoms with Crippen LogP contribution in [-0.4, -0.2) is 37.1 Å². The highest BCUT2D eigenvalue weighted by atomic mass is 32.1. The molecule has 34 heavy (non-hydrogen) atoms. The molecule has 0 radical (unpaired) electrons. The highest BCUT2D eigenvalue weighted by molar-refractivity contribution is 7.09. The van der Waals surface area contributed by atoms with Crippen molar-refractivity contribution in [2.75, 3.05) is 21.3 Å². The summed E-state index contributed by atoms with van der Waals surface area (Å²) >= 11 is 1.57. The molecule has 4 rings (SSSR count). The number of nitrogens with zero attached hydrogens (tertiary/aromatic N) is 2. The average Bonchev–Trinajstić information content (AvgIpc) is 3.39. The highest BCUT2D eigenvalue weighted by Gasteiger charge is 2.17. The van der Waals surface area contributed by atoms with Gasteiger partial charge in [-0.3, -0.25) is 9.78 Å². The molecule has 7 nitrogen and oxygen atoms in total. The third-order valence-electron chi connectivity index (χ3n) is 5.49. The molecule has 0 saturated carbocycles. The van der Waals surface area contributed by atoms with E-state index in [0.717, 1.165) is 21.5 Å². The van der Waals surface area contributed by atoms with Gasteiger partial charge in [-0.15, -0.1) is 11.3 Å². The normalized spacial score (nSPS) is 11.8. The van der Waals surface area contributed by atoms with Gasteiger partial charge in [-0.25, -0.2) is 4.98 Å². The van der Waals surface area contributed by atoms with Gasteiger partial charge in [0.05, 0.1) is 31.9 Å². The number of aromatic nitrogens is 2. The number of rotatable bonds is 10. The minimum Gasteiger partial charge on any atom is -0.496 e. The van der Waals surface area contributed by atoms with Crippen LogP contribution in [0.25, 0.3) is 10.9 Å². The number of carbonyl (C=O) groups is 1. The fourth-order valence-electron chi connectivity index (χ4n) is 3.79. The van der Waals surface area contributed by atoms with Gasteiger partial charge in [-0.1, -0.05) is 13.0 Å². The summed E-state index contributed by atoms with van der Waals surface area (Å²) in [7, 11) is 4.76. The van der Waals surface area contributed by atoms with Crippen molar-refractivity contribution in [3.63, 3.8) is 0 Å². The highest BCUT2D eigenvalue weighted by Crippen LogP contribution is 2.38. The van der Waals surface area contributed by atoms with Gasteiger partial charge in [0, 0.05) is 59.6 Å². The lowest BCUT2D eigenvalue weighted by Crippen LogP contribution is -2.08. The van der Waals surface area contributed by atoms with Crippen LogP contribution in [0.2, 0.25) is 0 Å². The molecule has 176 valence electrons. The Hall–Kier alpha value is -3.65. The number of hydrogen-bond donors (Lipinski definition) is 0. The molecular weight excluding hydrogens is 452 g/mol. The largest absolute Gasteiger partial charge is 0.496 e. The third-order valence-corrected chi connectivity index (χ3v) is 6.49. The van der Waals surface area contributed by atoms with Crippen LogP contribution in [0.4, 0.5) is 0 Å². The molecule has 0 saturated heterocycles. The average molecular weight is 479 g/mol. The molecule has 0 aliphatic heterocycles. The summed E-state index contributed by atoms with van der Waals surface area (Å²) in [5.74, 6) is 3.23. The predicted octanol–water partition coefficient (Wildman–Crippen LogP) is 5.81. The minimum absolute atomic E-state index is 0.0942. The molecular formula is C26H26N2O5S. The standard InChI is InChI=1S/C26H26N2O5S/c1-16(26-28-9-10-34-26)11-18(29)12-17-5-6-19(13-23(17)30-2)33-22-7-8-27-21-15-25(32-4)24(31-3)14-20(21)22/h5-10,13-16H,11-12H2,1-4H3. The van der Waals surface area contributed by atoms with Crippen LogP contribution in [0.15, 0.2) is 54.2 Å². The Morgan fingerprint density at radius 1 is 0.912 bits per heavy atom. The number of ether oxygens (including phenoxy) is 4. The van der Waals surface area contributed by atoms with Gasteiger partial charge < -0.3 is 18.9 Å². The fourth-order valence-corrected chi connectivity index (χ4v) is 4.49. The summed E-state index contributed by atoms with van der Waals surface area (Å²) in [6.07, 6.45) is 4.16. The van der Waals surface area contributed by atoms with E-state index in [1.807, 2.05) is 36.6 Å². The number of thiazole rings is 1. The summed E-state index contributed by atoms with van der Waals surface area (Å²) < 4.78 is 22.5. The van der Waals surface area contributed by atoms with E-state index >= 15 is 0 Å². The number of Topliss-reactive ketones (excluding diaryl/α,β-unsaturated/α-hetero) is 1. The lowest BCUT2D eigenvalue weighted by molar-refractivity contribution is -0.118. The number of hydrogen-bond acceptors (Lipinski definition) is 8. The molecule has 0 fully saturated rings. The van der Waals surface area contributed by atoms with Crippen LogP contribution in [0, 0.1) is 0 Å². The quantitative estimate of drug-likeness (QED) is 0.284. The summed E-state index contributed by atoms with van der Waals surface area (Å²) in [4.78, 5) is 21.4. The van der Waals surface area contributed by atoms with Crippen molar-refractivity contribution in [2.45, 2.75) is 25.7 Å². The zero-order valence-corrected chi connectivity index (χ0v) is 20.3. The molecule has 0 aliphatic rings. The van der Waals surface area contributed by atoms with Crippen molar-refractivity contribution >= 4 is 28.0 Å². The van der Waals surface area contributed by atoms with Crippen LogP contribution in [-0.2, 0) is 11.2 Å². The Labute approximate surface area is 202 Å². The number of pyridine rings is 1. The van der Waals surface area contributed by atoms with Crippen LogP contribution < -0.4 is 18.9 Å². The van der Waals surface area contributed by atoms with Crippen LogP contribution in [0.3, 0.4) is 0 Å². The molecule has 1 unspecified atom stereocenters. The van der Waals surface area contributed by atoms with Crippen molar-refractivity contribution in [3.05, 3.63) is 64.7 Å². The lowest BCUT2D eigenvalue weighted by Gasteiger charge is -2.14. The minimum atomic E-state index is 0.0942. The Morgan fingerprint density at radius 2 is 1.68 bits per heavy atom. The summed E-state index contributed by atoms with van der Waals surface area (Å²) in [5, 5.41) is 3.69. The van der Waals surface area contributed by atoms with Gasteiger partial charge in [-0.2, -0.15) is 0 Å². The van der Waals surface area contributed by atoms with Gasteiger partial charge >= 0.3 is 0 Å². The topological polar surface area (TPSA) is 79.8 Å². The second-order valence-corrected chi connectivity index (χ2v) is 8.73. The van der Waals surface area contributed by atoms with Gasteiger partial charge in [0.2, 0.25) is 0 Å². The fraction of sp³-hybridized carbons (Fsp3) is 0.269. The molecule has 0 spiro atoms. The van der Waals surface area contributed by atoms with E-state index < -0.39 is 0 Å². The number of benzene rings is 2. The van der Waals surface area contributed by atoms with E-state index in [1.54, 1.807) is 57.2 Å². The van der Waals surface area contributed by atoms with Gasteiger partial charge in [0.25, 0.3) is 0 Å². The van der Waals surface area contributed by atoms with Gasteiger partial charge in [-0.05, 0) is 18.2 Å². The first kappa shape index (κ1) is 23.5. The monoisotopic (exact) mass is 478 g/mol. The third kappa shape index (κ3) is 5.12. The molecule has 0 bridgehead atoms. The molecule has 4 aromatic rings. The first-order valence-corrected chi connectivity index (χ1v) is 11.7. The molecule has 2 aromatic heterocycles. The molecule has 1 atom stereocenters. The van der Waals surface area contributed by atoms with Crippen LogP contribution in [0.1, 0.15) is 29.8 Å². The maximum atomic E-state index is 12.7. The molecule has 8 heteroatoms. The van der Waals surface area contributed by atoms with E-state index in [1.165, 1.54) is 0 Å². The summed E-state index contributed by atoms with van der Waals surface area (Å²) in [6, 6.07) is 10.9. The predicted molar refractivity (Wildman–Crippen MR) is 132 cm³/mol. The molecule has 0 aliphatic carbocycles. The maximum Gasteiger partial charge on any atom is 0.162 e. The summed E-state index contributed by atoms with van der Waals surface area (Å²) in [6.45, 7) is 2.02. The zero-order valence-electron chi connectivity index (χ0n) is 19.5. The van der Waals surface area contributed by atoms with E-state index in [-0.39, 0.29) is 18.1 Å². The molecule has 2 heterocycles. The summed E-state index contributed by atoms with van der Waals surface area (Å²) in [5.41, 5.74) is 1.54. The first-order valence-electron chi connectivity index (χ1n) is 10.8. The first-order chi connectivity index (χ1) is 16.5. The van der Waals surface area contributed by atoms with Gasteiger partial charge in [0.15, 0.2) is 11.5 Å². The van der Waals surface area contributed by atoms with E-state index in [9.17, 15) is 4.79 Å². The Morgan fingerprint density at radius 3 is 2.38 bits per heavy atom. The number of carbonyl (C=O) groups excluding carboxylic acids is 1. The zero-order chi connectivity index (χ0) is 24.1. The second-order valence-electron chi connectivity index (χ2n) is 7.80. The van der Waals surface area contributed by atoms with E-state index in [0.29, 0.717) is 35.2 Å². The smallest absolute Gasteiger partial charge is 0.162 e. The van der Waals surface area contributed by atoms with Crippen molar-refractivity contribution in [1.82, 2.24) is 9.97 Å². The van der Waals surface area contributed by atoms with Crippen LogP contribution >= 0.6 is 11.3 Å². The number of ketones is 1. The van der Waals surface area contributed by atoms with Gasteiger partial charge in [0.1, 0.15) is 23.0 Å². The Bertz CT molecular complexity index is 1290. The lowest BCUT2D eigenvalue weighted by atomic mass is 9.99. The van der Waals surface area contributed by atoms with Crippen molar-refractivity contribution < 1.29 is 23.7 Å². The van der Waals surface area contributed by atoms with Crippen molar-refractivity contribution in [2.24, 2.45) is 0 Å². The Kier molecular flexibility index (Phi) is 7.27. The molecule has 2 aromatic carbocycles. The second kappa shape index (κ2) is 10.5. The maximum absolute atomic E-state index is 12.7.